The molecule has 0 spiro atoms. The number of rotatable bonds is 1. The maximum absolute atomic E-state index is 11.3. The molecule has 2 aliphatic heterocycles. The fourth-order valence-electron chi connectivity index (χ4n) is 2.18. The standard InChI is InChI=1S/C13H17BN2O4/c1-12(2)13(3,4)20-14(19-12)8-5-15-6-9-11(8)18-7-10(17)16-9/h5-6H,7H2,1-4H3,(H,16,17). The lowest BCUT2D eigenvalue weighted by Crippen LogP contribution is -2.41. The molecule has 0 atom stereocenters. The smallest absolute Gasteiger partial charge is 0.482 e. The molecule has 1 N–H and O–H groups in total. The summed E-state index contributed by atoms with van der Waals surface area (Å²) < 4.78 is 17.5. The highest BCUT2D eigenvalue weighted by Gasteiger charge is 2.53. The fraction of sp³-hybridized carbons (Fsp3) is 0.538. The van der Waals surface area contributed by atoms with Crippen molar-refractivity contribution in [2.24, 2.45) is 0 Å². The number of pyridine rings is 1. The van der Waals surface area contributed by atoms with Gasteiger partial charge in [0.1, 0.15) is 11.4 Å². The van der Waals surface area contributed by atoms with Crippen LogP contribution in [0.1, 0.15) is 27.7 Å². The molecule has 0 bridgehead atoms. The van der Waals surface area contributed by atoms with E-state index in [0.717, 1.165) is 0 Å². The van der Waals surface area contributed by atoms with Crippen LogP contribution in [0.4, 0.5) is 5.69 Å². The molecular weight excluding hydrogens is 259 g/mol. The molecule has 0 saturated carbocycles. The monoisotopic (exact) mass is 276 g/mol. The normalized spacial score (nSPS) is 23.0. The van der Waals surface area contributed by atoms with Crippen LogP contribution in [0.3, 0.4) is 0 Å². The summed E-state index contributed by atoms with van der Waals surface area (Å²) in [4.78, 5) is 15.5. The van der Waals surface area contributed by atoms with Gasteiger partial charge in [0.2, 0.25) is 0 Å². The second-order valence-corrected chi connectivity index (χ2v) is 6.03. The predicted molar refractivity (Wildman–Crippen MR) is 74.1 cm³/mol. The minimum absolute atomic E-state index is 0.0104. The van der Waals surface area contributed by atoms with Crippen molar-refractivity contribution in [1.82, 2.24) is 4.98 Å². The highest BCUT2D eigenvalue weighted by Crippen LogP contribution is 2.38. The topological polar surface area (TPSA) is 69.7 Å². The van der Waals surface area contributed by atoms with Crippen LogP contribution in [0.2, 0.25) is 0 Å². The maximum atomic E-state index is 11.3. The van der Waals surface area contributed by atoms with E-state index in [0.29, 0.717) is 16.9 Å². The van der Waals surface area contributed by atoms with Gasteiger partial charge in [-0.15, -0.1) is 0 Å². The van der Waals surface area contributed by atoms with Gasteiger partial charge in [-0.1, -0.05) is 0 Å². The number of anilines is 1. The Morgan fingerprint density at radius 3 is 2.50 bits per heavy atom. The van der Waals surface area contributed by atoms with Gasteiger partial charge in [-0.3, -0.25) is 9.78 Å². The molecule has 6 nitrogen and oxygen atoms in total. The lowest BCUT2D eigenvalue weighted by molar-refractivity contribution is -0.118. The van der Waals surface area contributed by atoms with Crippen LogP contribution < -0.4 is 15.5 Å². The summed E-state index contributed by atoms with van der Waals surface area (Å²) >= 11 is 0. The number of nitrogens with zero attached hydrogens (tertiary/aromatic N) is 1. The lowest BCUT2D eigenvalue weighted by atomic mass is 9.79. The van der Waals surface area contributed by atoms with Crippen molar-refractivity contribution in [3.05, 3.63) is 12.4 Å². The van der Waals surface area contributed by atoms with Gasteiger partial charge in [0.15, 0.2) is 6.61 Å². The molecule has 0 radical (unpaired) electrons. The Morgan fingerprint density at radius 1 is 1.20 bits per heavy atom. The van der Waals surface area contributed by atoms with Gasteiger partial charge in [0.05, 0.1) is 17.4 Å². The second-order valence-electron chi connectivity index (χ2n) is 6.03. The number of nitrogens with one attached hydrogen (secondary N) is 1. The van der Waals surface area contributed by atoms with E-state index in [4.69, 9.17) is 14.0 Å². The highest BCUT2D eigenvalue weighted by atomic mass is 16.7. The number of aromatic nitrogens is 1. The van der Waals surface area contributed by atoms with Gasteiger partial charge in [0, 0.05) is 11.7 Å². The first-order valence-corrected chi connectivity index (χ1v) is 6.56. The lowest BCUT2D eigenvalue weighted by Gasteiger charge is -2.32. The van der Waals surface area contributed by atoms with E-state index in [1.165, 1.54) is 0 Å². The first-order chi connectivity index (χ1) is 9.30. The van der Waals surface area contributed by atoms with E-state index in [-0.39, 0.29) is 12.5 Å². The number of hydrogen-bond donors (Lipinski definition) is 1. The van der Waals surface area contributed by atoms with Crippen LogP contribution in [-0.2, 0) is 14.1 Å². The van der Waals surface area contributed by atoms with Crippen LogP contribution in [0.25, 0.3) is 0 Å². The Balaban J connectivity index is 1.97. The molecule has 0 aliphatic carbocycles. The molecule has 1 fully saturated rings. The summed E-state index contributed by atoms with van der Waals surface area (Å²) in [7, 11) is -0.558. The summed E-state index contributed by atoms with van der Waals surface area (Å²) in [6.07, 6.45) is 3.21. The van der Waals surface area contributed by atoms with Gasteiger partial charge in [-0.2, -0.15) is 0 Å². The third-order valence-corrected chi connectivity index (χ3v) is 4.05. The van der Waals surface area contributed by atoms with E-state index in [9.17, 15) is 4.79 Å². The molecule has 1 aromatic heterocycles. The molecule has 0 unspecified atom stereocenters. The van der Waals surface area contributed by atoms with Crippen molar-refractivity contribution in [3.63, 3.8) is 0 Å². The Bertz CT molecular complexity index is 557. The number of amides is 1. The van der Waals surface area contributed by atoms with Gasteiger partial charge in [0.25, 0.3) is 5.91 Å². The van der Waals surface area contributed by atoms with Crippen LogP contribution in [-0.4, -0.2) is 35.8 Å². The molecule has 1 amide bonds. The molecular formula is C13H17BN2O4. The molecule has 20 heavy (non-hydrogen) atoms. The highest BCUT2D eigenvalue weighted by molar-refractivity contribution is 6.63. The second kappa shape index (κ2) is 4.20. The van der Waals surface area contributed by atoms with Crippen LogP contribution in [0.15, 0.2) is 12.4 Å². The number of hydrogen-bond acceptors (Lipinski definition) is 5. The van der Waals surface area contributed by atoms with E-state index < -0.39 is 18.3 Å². The molecule has 2 aliphatic rings. The van der Waals surface area contributed by atoms with E-state index in [1.54, 1.807) is 12.4 Å². The SMILES string of the molecule is CC1(C)OB(c2cncc3c2OCC(=O)N3)OC1(C)C. The van der Waals surface area contributed by atoms with E-state index >= 15 is 0 Å². The average molecular weight is 276 g/mol. The summed E-state index contributed by atoms with van der Waals surface area (Å²) in [6, 6.07) is 0. The molecule has 0 aromatic carbocycles. The zero-order valence-electron chi connectivity index (χ0n) is 12.0. The van der Waals surface area contributed by atoms with Crippen molar-refractivity contribution in [2.75, 3.05) is 11.9 Å². The van der Waals surface area contributed by atoms with Crippen molar-refractivity contribution in [1.29, 1.82) is 0 Å². The minimum atomic E-state index is -0.558. The third-order valence-electron chi connectivity index (χ3n) is 4.05. The van der Waals surface area contributed by atoms with Crippen molar-refractivity contribution in [3.8, 4) is 5.75 Å². The largest absolute Gasteiger partial charge is 0.500 e. The van der Waals surface area contributed by atoms with Crippen LogP contribution in [0, 0.1) is 0 Å². The first kappa shape index (κ1) is 13.4. The first-order valence-electron chi connectivity index (χ1n) is 6.56. The van der Waals surface area contributed by atoms with Gasteiger partial charge in [-0.25, -0.2) is 0 Å². The Morgan fingerprint density at radius 2 is 1.85 bits per heavy atom. The zero-order chi connectivity index (χ0) is 14.5. The van der Waals surface area contributed by atoms with Gasteiger partial charge in [-0.05, 0) is 27.7 Å². The van der Waals surface area contributed by atoms with Gasteiger partial charge >= 0.3 is 7.12 Å². The quantitative estimate of drug-likeness (QED) is 0.765. The van der Waals surface area contributed by atoms with Crippen LogP contribution in [0.5, 0.6) is 5.75 Å². The third kappa shape index (κ3) is 1.97. The number of carbonyl (C=O) groups is 1. The molecule has 3 heterocycles. The van der Waals surface area contributed by atoms with E-state index in [2.05, 4.69) is 10.3 Å². The van der Waals surface area contributed by atoms with Gasteiger partial charge < -0.3 is 19.4 Å². The molecule has 1 saturated heterocycles. The van der Waals surface area contributed by atoms with Crippen molar-refractivity contribution in [2.45, 2.75) is 38.9 Å². The Hall–Kier alpha value is -1.60. The zero-order valence-corrected chi connectivity index (χ0v) is 12.0. The minimum Gasteiger partial charge on any atom is -0.482 e. The Labute approximate surface area is 118 Å². The molecule has 106 valence electrons. The molecule has 1 aromatic rings. The summed E-state index contributed by atoms with van der Waals surface area (Å²) in [5.74, 6) is 0.378. The number of fused-ring (bicyclic) bond motifs is 1. The van der Waals surface area contributed by atoms with E-state index in [1.807, 2.05) is 27.7 Å². The summed E-state index contributed by atoms with van der Waals surface area (Å²) in [6.45, 7) is 7.93. The van der Waals surface area contributed by atoms with Crippen molar-refractivity contribution < 1.29 is 18.8 Å². The number of carbonyl (C=O) groups excluding carboxylic acids is 1. The summed E-state index contributed by atoms with van der Waals surface area (Å²) in [5, 5.41) is 2.73. The van der Waals surface area contributed by atoms with Crippen LogP contribution >= 0.6 is 0 Å². The number of ether oxygens (including phenoxy) is 1. The summed E-state index contributed by atoms with van der Waals surface area (Å²) in [5.41, 5.74) is 0.381. The maximum Gasteiger partial charge on any atom is 0.500 e. The molecule has 3 rings (SSSR count). The average Bonchev–Trinajstić information content (AvgIpc) is 2.57. The predicted octanol–water partition coefficient (Wildman–Crippen LogP) is 0.712. The fourth-order valence-corrected chi connectivity index (χ4v) is 2.18. The van der Waals surface area contributed by atoms with Crippen molar-refractivity contribution >= 4 is 24.2 Å². The Kier molecular flexibility index (Phi) is 2.81. The molecule has 7 heteroatoms.